The number of benzene rings is 1. The average molecular weight is 243 g/mol. The predicted molar refractivity (Wildman–Crippen MR) is 67.3 cm³/mol. The largest absolute Gasteiger partial charge is 0.491 e. The van der Waals surface area contributed by atoms with E-state index in [1.807, 2.05) is 30.3 Å². The molecule has 0 N–H and O–H groups in total. The predicted octanol–water partition coefficient (Wildman–Crippen LogP) is 3.49. The molecule has 0 heterocycles. The molecule has 0 aliphatic heterocycles. The number of rotatable bonds is 9. The van der Waals surface area contributed by atoms with Crippen molar-refractivity contribution in [1.29, 1.82) is 0 Å². The topological polar surface area (TPSA) is 18.5 Å². The zero-order valence-electron chi connectivity index (χ0n) is 9.53. The molecule has 0 atom stereocenters. The van der Waals surface area contributed by atoms with Gasteiger partial charge in [0.1, 0.15) is 12.4 Å². The van der Waals surface area contributed by atoms with E-state index in [-0.39, 0.29) is 0 Å². The molecular weight excluding hydrogens is 224 g/mol. The van der Waals surface area contributed by atoms with Crippen LogP contribution in [0.1, 0.15) is 19.3 Å². The molecule has 0 aromatic heterocycles. The Balaban J connectivity index is 1.89. The summed E-state index contributed by atoms with van der Waals surface area (Å²) in [5.74, 6) is 1.64. The van der Waals surface area contributed by atoms with Crippen LogP contribution in [-0.2, 0) is 4.74 Å². The van der Waals surface area contributed by atoms with Crippen LogP contribution in [0.4, 0.5) is 0 Å². The van der Waals surface area contributed by atoms with E-state index in [0.29, 0.717) is 13.2 Å². The number of alkyl halides is 1. The molecule has 16 heavy (non-hydrogen) atoms. The van der Waals surface area contributed by atoms with E-state index in [1.54, 1.807) is 0 Å². The standard InChI is InChI=1S/C13H19ClO2/c14-9-5-2-6-10-15-11-12-16-13-7-3-1-4-8-13/h1,3-4,7-8H,2,5-6,9-12H2. The summed E-state index contributed by atoms with van der Waals surface area (Å²) in [5, 5.41) is 0. The van der Waals surface area contributed by atoms with Crippen molar-refractivity contribution in [3.8, 4) is 5.75 Å². The molecule has 0 unspecified atom stereocenters. The lowest BCUT2D eigenvalue weighted by molar-refractivity contribution is 0.0974. The highest BCUT2D eigenvalue weighted by Crippen LogP contribution is 2.07. The lowest BCUT2D eigenvalue weighted by atomic mass is 10.3. The van der Waals surface area contributed by atoms with Crippen molar-refractivity contribution in [2.45, 2.75) is 19.3 Å². The van der Waals surface area contributed by atoms with Crippen molar-refractivity contribution < 1.29 is 9.47 Å². The van der Waals surface area contributed by atoms with Crippen molar-refractivity contribution >= 4 is 11.6 Å². The summed E-state index contributed by atoms with van der Waals surface area (Å²) in [5.41, 5.74) is 0. The average Bonchev–Trinajstić information content (AvgIpc) is 2.34. The summed E-state index contributed by atoms with van der Waals surface area (Å²) in [4.78, 5) is 0. The lowest BCUT2D eigenvalue weighted by Gasteiger charge is -2.06. The third-order valence-electron chi connectivity index (χ3n) is 2.16. The molecule has 1 aromatic rings. The van der Waals surface area contributed by atoms with E-state index in [4.69, 9.17) is 21.1 Å². The van der Waals surface area contributed by atoms with E-state index < -0.39 is 0 Å². The number of halogens is 1. The fraction of sp³-hybridized carbons (Fsp3) is 0.538. The maximum absolute atomic E-state index is 5.57. The van der Waals surface area contributed by atoms with E-state index in [0.717, 1.165) is 37.5 Å². The van der Waals surface area contributed by atoms with E-state index in [1.165, 1.54) is 0 Å². The number of hydrogen-bond acceptors (Lipinski definition) is 2. The summed E-state index contributed by atoms with van der Waals surface area (Å²) in [6.45, 7) is 2.06. The number of unbranched alkanes of at least 4 members (excludes halogenated alkanes) is 2. The third-order valence-corrected chi connectivity index (χ3v) is 2.43. The summed E-state index contributed by atoms with van der Waals surface area (Å²) in [6, 6.07) is 9.78. The Morgan fingerprint density at radius 2 is 1.69 bits per heavy atom. The van der Waals surface area contributed by atoms with Crippen LogP contribution in [0.2, 0.25) is 0 Å². The van der Waals surface area contributed by atoms with E-state index in [9.17, 15) is 0 Å². The highest BCUT2D eigenvalue weighted by molar-refractivity contribution is 6.17. The van der Waals surface area contributed by atoms with Crippen molar-refractivity contribution in [3.05, 3.63) is 30.3 Å². The molecule has 1 aromatic carbocycles. The van der Waals surface area contributed by atoms with Crippen molar-refractivity contribution in [2.75, 3.05) is 25.7 Å². The maximum Gasteiger partial charge on any atom is 0.119 e. The number of ether oxygens (including phenoxy) is 2. The molecule has 0 radical (unpaired) electrons. The van der Waals surface area contributed by atoms with Gasteiger partial charge in [-0.05, 0) is 31.4 Å². The van der Waals surface area contributed by atoms with Gasteiger partial charge < -0.3 is 9.47 Å². The highest BCUT2D eigenvalue weighted by Gasteiger charge is 1.92. The van der Waals surface area contributed by atoms with Crippen LogP contribution in [0.15, 0.2) is 30.3 Å². The second kappa shape index (κ2) is 9.49. The molecule has 0 bridgehead atoms. The zero-order chi connectivity index (χ0) is 11.5. The minimum atomic E-state index is 0.611. The van der Waals surface area contributed by atoms with Gasteiger partial charge in [0.05, 0.1) is 6.61 Å². The first-order valence-electron chi connectivity index (χ1n) is 5.75. The van der Waals surface area contributed by atoms with Gasteiger partial charge >= 0.3 is 0 Å². The van der Waals surface area contributed by atoms with Crippen LogP contribution >= 0.6 is 11.6 Å². The molecular formula is C13H19ClO2. The molecule has 0 fully saturated rings. The van der Waals surface area contributed by atoms with Gasteiger partial charge in [-0.1, -0.05) is 18.2 Å². The van der Waals surface area contributed by atoms with Crippen LogP contribution < -0.4 is 4.74 Å². The Kier molecular flexibility index (Phi) is 7.91. The third kappa shape index (κ3) is 6.70. The summed E-state index contributed by atoms with van der Waals surface area (Å²) in [6.07, 6.45) is 3.30. The molecule has 1 rings (SSSR count). The Labute approximate surface area is 103 Å². The molecule has 0 spiro atoms. The van der Waals surface area contributed by atoms with Gasteiger partial charge in [-0.3, -0.25) is 0 Å². The fourth-order valence-corrected chi connectivity index (χ4v) is 1.50. The second-order valence-electron chi connectivity index (χ2n) is 3.52. The SMILES string of the molecule is ClCCCCCOCCOc1ccccc1. The molecule has 90 valence electrons. The van der Waals surface area contributed by atoms with E-state index in [2.05, 4.69) is 0 Å². The first kappa shape index (κ1) is 13.3. The highest BCUT2D eigenvalue weighted by atomic mass is 35.5. The van der Waals surface area contributed by atoms with Crippen LogP contribution in [0, 0.1) is 0 Å². The lowest BCUT2D eigenvalue weighted by Crippen LogP contribution is -2.07. The molecule has 3 heteroatoms. The van der Waals surface area contributed by atoms with Crippen molar-refractivity contribution in [2.24, 2.45) is 0 Å². The fourth-order valence-electron chi connectivity index (χ4n) is 1.31. The van der Waals surface area contributed by atoms with Crippen molar-refractivity contribution in [3.63, 3.8) is 0 Å². The van der Waals surface area contributed by atoms with Crippen LogP contribution in [0.5, 0.6) is 5.75 Å². The molecule has 0 aliphatic carbocycles. The summed E-state index contributed by atoms with van der Waals surface area (Å²) in [7, 11) is 0. The van der Waals surface area contributed by atoms with Gasteiger partial charge in [0, 0.05) is 12.5 Å². The normalized spacial score (nSPS) is 10.3. The summed E-state index contributed by atoms with van der Waals surface area (Å²) < 4.78 is 10.9. The van der Waals surface area contributed by atoms with Gasteiger partial charge in [-0.25, -0.2) is 0 Å². The van der Waals surface area contributed by atoms with Gasteiger partial charge in [0.2, 0.25) is 0 Å². The minimum Gasteiger partial charge on any atom is -0.491 e. The number of hydrogen-bond donors (Lipinski definition) is 0. The van der Waals surface area contributed by atoms with Crippen LogP contribution in [0.3, 0.4) is 0 Å². The van der Waals surface area contributed by atoms with E-state index >= 15 is 0 Å². The monoisotopic (exact) mass is 242 g/mol. The zero-order valence-corrected chi connectivity index (χ0v) is 10.3. The Morgan fingerprint density at radius 1 is 0.875 bits per heavy atom. The number of para-hydroxylation sites is 1. The maximum atomic E-state index is 5.57. The van der Waals surface area contributed by atoms with Gasteiger partial charge in [0.25, 0.3) is 0 Å². The van der Waals surface area contributed by atoms with Gasteiger partial charge in [-0.15, -0.1) is 11.6 Å². The Hall–Kier alpha value is -0.730. The quantitative estimate of drug-likeness (QED) is 0.488. The van der Waals surface area contributed by atoms with Crippen LogP contribution in [0.25, 0.3) is 0 Å². The van der Waals surface area contributed by atoms with Gasteiger partial charge in [-0.2, -0.15) is 0 Å². The molecule has 0 amide bonds. The first-order chi connectivity index (χ1) is 7.93. The summed E-state index contributed by atoms with van der Waals surface area (Å²) >= 11 is 5.57. The molecule has 0 saturated heterocycles. The second-order valence-corrected chi connectivity index (χ2v) is 3.90. The molecule has 0 saturated carbocycles. The Bertz CT molecular complexity index is 251. The minimum absolute atomic E-state index is 0.611. The Morgan fingerprint density at radius 3 is 2.44 bits per heavy atom. The molecule has 0 aliphatic rings. The molecule has 2 nitrogen and oxygen atoms in total. The van der Waals surface area contributed by atoms with Crippen LogP contribution in [-0.4, -0.2) is 25.7 Å². The van der Waals surface area contributed by atoms with Gasteiger partial charge in [0.15, 0.2) is 0 Å². The van der Waals surface area contributed by atoms with Crippen molar-refractivity contribution in [1.82, 2.24) is 0 Å². The smallest absolute Gasteiger partial charge is 0.119 e. The first-order valence-corrected chi connectivity index (χ1v) is 6.28.